The third-order valence-corrected chi connectivity index (χ3v) is 4.31. The number of nitrogens with zero attached hydrogens (tertiary/aromatic N) is 3. The lowest BCUT2D eigenvalue weighted by Gasteiger charge is -2.06. The Kier molecular flexibility index (Phi) is 3.58. The van der Waals surface area contributed by atoms with Crippen molar-refractivity contribution in [2.24, 2.45) is 5.73 Å². The molecule has 2 aromatic rings. The van der Waals surface area contributed by atoms with Crippen LogP contribution in [0.4, 0.5) is 5.69 Å². The first-order valence-electron chi connectivity index (χ1n) is 5.71. The molecule has 0 bridgehead atoms. The summed E-state index contributed by atoms with van der Waals surface area (Å²) in [6.07, 6.45) is 2.86. The zero-order chi connectivity index (χ0) is 14.0. The summed E-state index contributed by atoms with van der Waals surface area (Å²) in [7, 11) is -3.68. The second kappa shape index (κ2) is 5.02. The van der Waals surface area contributed by atoms with Crippen molar-refractivity contribution in [2.45, 2.75) is 25.3 Å². The Hall–Kier alpha value is -1.87. The predicted octanol–water partition coefficient (Wildman–Crippen LogP) is -0.0175. The van der Waals surface area contributed by atoms with Crippen molar-refractivity contribution in [3.05, 3.63) is 23.8 Å². The van der Waals surface area contributed by atoms with Gasteiger partial charge in [-0.1, -0.05) is 0 Å². The summed E-state index contributed by atoms with van der Waals surface area (Å²) < 4.78 is 28.7. The molecule has 19 heavy (non-hydrogen) atoms. The quantitative estimate of drug-likeness (QED) is 0.713. The standard InChI is InChI=1S/C10H16N6O2S/c1-7-10(8(2)16(14-7)4-3-11)19(17,18)15-9-5-12-13-6-9/h5-6,15H,3-4,11H2,1-2H3,(H,12,13). The van der Waals surface area contributed by atoms with Gasteiger partial charge in [-0.15, -0.1) is 0 Å². The molecule has 0 fully saturated rings. The predicted molar refractivity (Wildman–Crippen MR) is 70.2 cm³/mol. The van der Waals surface area contributed by atoms with Gasteiger partial charge in [-0.25, -0.2) is 8.42 Å². The van der Waals surface area contributed by atoms with Crippen LogP contribution in [0.25, 0.3) is 0 Å². The number of nitrogens with two attached hydrogens (primary N) is 1. The Morgan fingerprint density at radius 3 is 2.79 bits per heavy atom. The maximum Gasteiger partial charge on any atom is 0.265 e. The van der Waals surface area contributed by atoms with E-state index in [1.54, 1.807) is 18.5 Å². The number of hydrogen-bond acceptors (Lipinski definition) is 5. The minimum absolute atomic E-state index is 0.183. The van der Waals surface area contributed by atoms with Gasteiger partial charge in [0.15, 0.2) is 0 Å². The van der Waals surface area contributed by atoms with Gasteiger partial charge in [0, 0.05) is 12.7 Å². The summed E-state index contributed by atoms with van der Waals surface area (Å²) in [5, 5.41) is 10.4. The van der Waals surface area contributed by atoms with Gasteiger partial charge in [0.2, 0.25) is 0 Å². The van der Waals surface area contributed by atoms with Crippen LogP contribution < -0.4 is 10.5 Å². The number of aromatic amines is 1. The number of rotatable bonds is 5. The fourth-order valence-electron chi connectivity index (χ4n) is 1.92. The molecule has 104 valence electrons. The number of nitrogens with one attached hydrogen (secondary N) is 2. The third kappa shape index (κ3) is 2.61. The van der Waals surface area contributed by atoms with Crippen molar-refractivity contribution >= 4 is 15.7 Å². The molecule has 2 rings (SSSR count). The lowest BCUT2D eigenvalue weighted by Crippen LogP contribution is -2.16. The Labute approximate surface area is 111 Å². The maximum absolute atomic E-state index is 12.3. The van der Waals surface area contributed by atoms with Crippen LogP contribution in [-0.4, -0.2) is 34.9 Å². The molecular formula is C10H16N6O2S. The molecule has 0 atom stereocenters. The van der Waals surface area contributed by atoms with E-state index in [4.69, 9.17) is 5.73 Å². The first-order valence-corrected chi connectivity index (χ1v) is 7.19. The molecule has 0 amide bonds. The first kappa shape index (κ1) is 13.6. The highest BCUT2D eigenvalue weighted by Crippen LogP contribution is 2.21. The largest absolute Gasteiger partial charge is 0.329 e. The van der Waals surface area contributed by atoms with Gasteiger partial charge in [0.1, 0.15) is 4.90 Å². The van der Waals surface area contributed by atoms with E-state index in [0.29, 0.717) is 30.2 Å². The highest BCUT2D eigenvalue weighted by Gasteiger charge is 2.24. The number of H-pyrrole nitrogens is 1. The minimum Gasteiger partial charge on any atom is -0.329 e. The fourth-order valence-corrected chi connectivity index (χ4v) is 3.37. The fraction of sp³-hybridized carbons (Fsp3) is 0.400. The van der Waals surface area contributed by atoms with Crippen molar-refractivity contribution in [3.63, 3.8) is 0 Å². The third-order valence-electron chi connectivity index (χ3n) is 2.68. The van der Waals surface area contributed by atoms with Crippen LogP contribution in [0.15, 0.2) is 17.3 Å². The number of sulfonamides is 1. The normalized spacial score (nSPS) is 11.7. The molecule has 8 nitrogen and oxygen atoms in total. The molecule has 0 saturated carbocycles. The highest BCUT2D eigenvalue weighted by atomic mass is 32.2. The summed E-state index contributed by atoms with van der Waals surface area (Å²) in [5.74, 6) is 0. The number of hydrogen-bond donors (Lipinski definition) is 3. The molecule has 0 radical (unpaired) electrons. The highest BCUT2D eigenvalue weighted by molar-refractivity contribution is 7.92. The smallest absolute Gasteiger partial charge is 0.265 e. The van der Waals surface area contributed by atoms with Crippen LogP contribution >= 0.6 is 0 Å². The molecule has 0 saturated heterocycles. The minimum atomic E-state index is -3.68. The first-order chi connectivity index (χ1) is 8.95. The second-order valence-electron chi connectivity index (χ2n) is 4.10. The molecule has 0 aliphatic carbocycles. The van der Waals surface area contributed by atoms with E-state index in [9.17, 15) is 8.42 Å². The zero-order valence-corrected chi connectivity index (χ0v) is 11.5. The molecule has 0 aliphatic rings. The average Bonchev–Trinajstić information content (AvgIpc) is 2.88. The van der Waals surface area contributed by atoms with E-state index < -0.39 is 10.0 Å². The Bertz CT molecular complexity index is 659. The van der Waals surface area contributed by atoms with Gasteiger partial charge in [0.25, 0.3) is 10.0 Å². The van der Waals surface area contributed by atoms with Crippen LogP contribution in [0.1, 0.15) is 11.4 Å². The summed E-state index contributed by atoms with van der Waals surface area (Å²) in [5.41, 5.74) is 6.86. The monoisotopic (exact) mass is 284 g/mol. The lowest BCUT2D eigenvalue weighted by atomic mass is 10.4. The second-order valence-corrected chi connectivity index (χ2v) is 5.72. The number of anilines is 1. The molecule has 2 aromatic heterocycles. The number of aryl methyl sites for hydroxylation is 1. The molecule has 0 unspecified atom stereocenters. The molecule has 0 aliphatic heterocycles. The van der Waals surface area contributed by atoms with Crippen LogP contribution in [0.3, 0.4) is 0 Å². The van der Waals surface area contributed by atoms with Crippen LogP contribution in [0.2, 0.25) is 0 Å². The van der Waals surface area contributed by atoms with Crippen LogP contribution in [0, 0.1) is 13.8 Å². The maximum atomic E-state index is 12.3. The Morgan fingerprint density at radius 1 is 1.47 bits per heavy atom. The van der Waals surface area contributed by atoms with Crippen molar-refractivity contribution in [1.82, 2.24) is 20.0 Å². The van der Waals surface area contributed by atoms with E-state index >= 15 is 0 Å². The number of aromatic nitrogens is 4. The summed E-state index contributed by atoms with van der Waals surface area (Å²) in [4.78, 5) is 0.183. The van der Waals surface area contributed by atoms with E-state index in [-0.39, 0.29) is 4.90 Å². The van der Waals surface area contributed by atoms with E-state index in [1.165, 1.54) is 12.4 Å². The lowest BCUT2D eigenvalue weighted by molar-refractivity contribution is 0.593. The molecule has 0 spiro atoms. The summed E-state index contributed by atoms with van der Waals surface area (Å²) in [6, 6.07) is 0. The van der Waals surface area contributed by atoms with Crippen molar-refractivity contribution in [3.8, 4) is 0 Å². The van der Waals surface area contributed by atoms with Crippen molar-refractivity contribution in [1.29, 1.82) is 0 Å². The Morgan fingerprint density at radius 2 is 2.21 bits per heavy atom. The van der Waals surface area contributed by atoms with Gasteiger partial charge in [-0.3, -0.25) is 14.5 Å². The van der Waals surface area contributed by atoms with Crippen LogP contribution in [0.5, 0.6) is 0 Å². The van der Waals surface area contributed by atoms with E-state index in [1.807, 2.05) is 0 Å². The van der Waals surface area contributed by atoms with Gasteiger partial charge in [-0.05, 0) is 13.8 Å². The molecule has 9 heteroatoms. The van der Waals surface area contributed by atoms with Gasteiger partial charge in [-0.2, -0.15) is 10.2 Å². The van der Waals surface area contributed by atoms with E-state index in [0.717, 1.165) is 0 Å². The van der Waals surface area contributed by atoms with Gasteiger partial charge >= 0.3 is 0 Å². The topological polar surface area (TPSA) is 119 Å². The van der Waals surface area contributed by atoms with Crippen LogP contribution in [-0.2, 0) is 16.6 Å². The molecule has 4 N–H and O–H groups in total. The molecule has 0 aromatic carbocycles. The van der Waals surface area contributed by atoms with Crippen molar-refractivity contribution in [2.75, 3.05) is 11.3 Å². The summed E-state index contributed by atoms with van der Waals surface area (Å²) in [6.45, 7) is 4.24. The van der Waals surface area contributed by atoms with E-state index in [2.05, 4.69) is 20.0 Å². The SMILES string of the molecule is Cc1nn(CCN)c(C)c1S(=O)(=O)Nc1cn[nH]c1. The van der Waals surface area contributed by atoms with Gasteiger partial charge in [0.05, 0.1) is 29.8 Å². The Balaban J connectivity index is 2.40. The molecule has 2 heterocycles. The molecular weight excluding hydrogens is 268 g/mol. The zero-order valence-electron chi connectivity index (χ0n) is 10.7. The average molecular weight is 284 g/mol. The summed E-state index contributed by atoms with van der Waals surface area (Å²) >= 11 is 0. The van der Waals surface area contributed by atoms with Crippen molar-refractivity contribution < 1.29 is 8.42 Å². The van der Waals surface area contributed by atoms with Gasteiger partial charge < -0.3 is 5.73 Å².